The van der Waals surface area contributed by atoms with Crippen LogP contribution in [0.5, 0.6) is 0 Å². The van der Waals surface area contributed by atoms with Gasteiger partial charge in [0.15, 0.2) is 0 Å². The number of nitrogens with two attached hydrogens (primary N) is 1. The molecule has 3 N–H and O–H groups in total. The standard InChI is InChI=1S/C27H47NO2/c1-16(15-28)8-11-22-17(2)25-23(30-22)14-21-19-10-9-18-6-5-7-24(29)27(18,4)20(19)12-13-26(21,25)3/h16-25,29H,5-15,28H2,1-4H3/t16?,17-,18?,19-,20+,21+,22?,23+,24?,25+,26+,27+/m1/s1. The second kappa shape index (κ2) is 7.73. The smallest absolute Gasteiger partial charge is 0.0618 e. The van der Waals surface area contributed by atoms with Crippen LogP contribution in [0.25, 0.3) is 0 Å². The SMILES string of the molecule is CC(CN)CCC1O[C@H]2C[C@H]3[C@@H]4CCC5CCCC(O)[C@]5(C)[C@H]4CC[C@]3(C)[C@H]2[C@@H]1C. The second-order valence-corrected chi connectivity index (χ2v) is 12.8. The molecule has 4 aliphatic carbocycles. The quantitative estimate of drug-likeness (QED) is 0.644. The van der Waals surface area contributed by atoms with E-state index in [2.05, 4.69) is 27.7 Å². The highest BCUT2D eigenvalue weighted by Crippen LogP contribution is 2.70. The fraction of sp³-hybridized carbons (Fsp3) is 1.00. The Hall–Kier alpha value is -0.120. The van der Waals surface area contributed by atoms with Gasteiger partial charge in [0.05, 0.1) is 18.3 Å². The Labute approximate surface area is 184 Å². The first-order valence-electron chi connectivity index (χ1n) is 13.3. The Morgan fingerprint density at radius 3 is 2.67 bits per heavy atom. The van der Waals surface area contributed by atoms with Crippen LogP contribution in [0.4, 0.5) is 0 Å². The van der Waals surface area contributed by atoms with Crippen molar-refractivity contribution in [2.24, 2.45) is 58.0 Å². The topological polar surface area (TPSA) is 55.5 Å². The molecule has 5 aliphatic rings. The number of aliphatic hydroxyl groups is 1. The van der Waals surface area contributed by atoms with E-state index in [9.17, 15) is 5.11 Å². The molecule has 1 saturated heterocycles. The van der Waals surface area contributed by atoms with Gasteiger partial charge in [-0.3, -0.25) is 0 Å². The van der Waals surface area contributed by atoms with E-state index >= 15 is 0 Å². The maximum Gasteiger partial charge on any atom is 0.0618 e. The fourth-order valence-corrected chi connectivity index (χ4v) is 9.90. The molecule has 0 aromatic carbocycles. The van der Waals surface area contributed by atoms with Gasteiger partial charge in [0, 0.05) is 0 Å². The highest BCUT2D eigenvalue weighted by atomic mass is 16.5. The molecule has 0 aromatic rings. The Morgan fingerprint density at radius 1 is 1.10 bits per heavy atom. The first-order chi connectivity index (χ1) is 14.3. The van der Waals surface area contributed by atoms with Crippen LogP contribution in [0.1, 0.15) is 91.9 Å². The van der Waals surface area contributed by atoms with Crippen molar-refractivity contribution in [1.82, 2.24) is 0 Å². The van der Waals surface area contributed by atoms with E-state index in [1.165, 1.54) is 57.8 Å². The Morgan fingerprint density at radius 2 is 1.90 bits per heavy atom. The van der Waals surface area contributed by atoms with Gasteiger partial charge < -0.3 is 15.6 Å². The van der Waals surface area contributed by atoms with Crippen LogP contribution in [0, 0.1) is 52.3 Å². The largest absolute Gasteiger partial charge is 0.393 e. The van der Waals surface area contributed by atoms with Gasteiger partial charge in [0.2, 0.25) is 0 Å². The number of fused-ring (bicyclic) bond motifs is 7. The summed E-state index contributed by atoms with van der Waals surface area (Å²) < 4.78 is 6.79. The van der Waals surface area contributed by atoms with E-state index in [0.717, 1.165) is 42.6 Å². The number of hydrogen-bond donors (Lipinski definition) is 2. The van der Waals surface area contributed by atoms with Crippen LogP contribution in [0.3, 0.4) is 0 Å². The minimum atomic E-state index is -0.0709. The molecule has 0 radical (unpaired) electrons. The van der Waals surface area contributed by atoms with Crippen molar-refractivity contribution in [1.29, 1.82) is 0 Å². The van der Waals surface area contributed by atoms with E-state index < -0.39 is 0 Å². The fourth-order valence-electron chi connectivity index (χ4n) is 9.90. The zero-order valence-corrected chi connectivity index (χ0v) is 20.0. The number of rotatable bonds is 4. The molecular formula is C27H47NO2. The van der Waals surface area contributed by atoms with E-state index in [4.69, 9.17) is 10.5 Å². The molecule has 30 heavy (non-hydrogen) atoms. The summed E-state index contributed by atoms with van der Waals surface area (Å²) in [5.41, 5.74) is 6.48. The van der Waals surface area contributed by atoms with E-state index in [1.54, 1.807) is 0 Å². The molecule has 12 atom stereocenters. The average molecular weight is 418 g/mol. The summed E-state index contributed by atoms with van der Waals surface area (Å²) in [5.74, 6) is 5.15. The number of aliphatic hydroxyl groups excluding tert-OH is 1. The average Bonchev–Trinajstić information content (AvgIpc) is 3.20. The van der Waals surface area contributed by atoms with Crippen LogP contribution in [0.2, 0.25) is 0 Å². The second-order valence-electron chi connectivity index (χ2n) is 12.8. The van der Waals surface area contributed by atoms with Gasteiger partial charge in [-0.1, -0.05) is 34.1 Å². The lowest BCUT2D eigenvalue weighted by atomic mass is 9.44. The minimum Gasteiger partial charge on any atom is -0.393 e. The highest BCUT2D eigenvalue weighted by Gasteiger charge is 2.66. The highest BCUT2D eigenvalue weighted by molar-refractivity contribution is 5.14. The summed E-state index contributed by atoms with van der Waals surface area (Å²) in [7, 11) is 0. The van der Waals surface area contributed by atoms with Gasteiger partial charge in [-0.2, -0.15) is 0 Å². The molecule has 4 saturated carbocycles. The van der Waals surface area contributed by atoms with Crippen LogP contribution in [0.15, 0.2) is 0 Å². The van der Waals surface area contributed by atoms with Crippen molar-refractivity contribution in [3.05, 3.63) is 0 Å². The predicted molar refractivity (Wildman–Crippen MR) is 122 cm³/mol. The van der Waals surface area contributed by atoms with Crippen LogP contribution in [-0.2, 0) is 4.74 Å². The van der Waals surface area contributed by atoms with Crippen molar-refractivity contribution in [3.63, 3.8) is 0 Å². The molecule has 3 nitrogen and oxygen atoms in total. The zero-order chi connectivity index (χ0) is 21.3. The van der Waals surface area contributed by atoms with Gasteiger partial charge in [0.1, 0.15) is 0 Å². The third-order valence-corrected chi connectivity index (χ3v) is 11.6. The third kappa shape index (κ3) is 3.00. The van der Waals surface area contributed by atoms with Crippen LogP contribution >= 0.6 is 0 Å². The number of hydrogen-bond acceptors (Lipinski definition) is 3. The first kappa shape index (κ1) is 21.7. The third-order valence-electron chi connectivity index (χ3n) is 11.6. The van der Waals surface area contributed by atoms with Crippen molar-refractivity contribution in [2.75, 3.05) is 6.54 Å². The van der Waals surface area contributed by atoms with Crippen molar-refractivity contribution in [2.45, 2.75) is 110 Å². The Balaban J connectivity index is 1.34. The lowest BCUT2D eigenvalue weighted by Crippen LogP contribution is -2.57. The summed E-state index contributed by atoms with van der Waals surface area (Å²) in [6, 6.07) is 0. The lowest BCUT2D eigenvalue weighted by molar-refractivity contribution is -0.164. The molecule has 5 fully saturated rings. The molecule has 0 spiro atoms. The van der Waals surface area contributed by atoms with Crippen LogP contribution in [-0.4, -0.2) is 30.0 Å². The molecular weight excluding hydrogens is 370 g/mol. The van der Waals surface area contributed by atoms with Gasteiger partial charge in [0.25, 0.3) is 0 Å². The van der Waals surface area contributed by atoms with Gasteiger partial charge >= 0.3 is 0 Å². The monoisotopic (exact) mass is 417 g/mol. The first-order valence-corrected chi connectivity index (χ1v) is 13.3. The van der Waals surface area contributed by atoms with Gasteiger partial charge in [-0.05, 0) is 117 Å². The van der Waals surface area contributed by atoms with Gasteiger partial charge in [-0.15, -0.1) is 0 Å². The molecule has 1 heterocycles. The predicted octanol–water partition coefficient (Wildman–Crippen LogP) is 5.39. The summed E-state index contributed by atoms with van der Waals surface area (Å²) in [4.78, 5) is 0. The molecule has 5 rings (SSSR count). The Bertz CT molecular complexity index is 638. The summed E-state index contributed by atoms with van der Waals surface area (Å²) in [6.45, 7) is 10.7. The van der Waals surface area contributed by atoms with Crippen molar-refractivity contribution >= 4 is 0 Å². The molecule has 3 heteroatoms. The molecule has 0 amide bonds. The Kier molecular flexibility index (Phi) is 5.60. The summed E-state index contributed by atoms with van der Waals surface area (Å²) >= 11 is 0. The number of ether oxygens (including phenoxy) is 1. The lowest BCUT2D eigenvalue weighted by Gasteiger charge is -2.62. The van der Waals surface area contributed by atoms with Crippen molar-refractivity contribution in [3.8, 4) is 0 Å². The molecule has 172 valence electrons. The maximum atomic E-state index is 11.1. The van der Waals surface area contributed by atoms with E-state index in [0.29, 0.717) is 29.5 Å². The maximum absolute atomic E-state index is 11.1. The van der Waals surface area contributed by atoms with Crippen molar-refractivity contribution < 1.29 is 9.84 Å². The molecule has 1 aliphatic heterocycles. The van der Waals surface area contributed by atoms with E-state index in [1.807, 2.05) is 0 Å². The molecule has 0 aromatic heterocycles. The minimum absolute atomic E-state index is 0.0709. The molecule has 4 unspecified atom stereocenters. The molecule has 0 bridgehead atoms. The van der Waals surface area contributed by atoms with Gasteiger partial charge in [-0.25, -0.2) is 0 Å². The van der Waals surface area contributed by atoms with Crippen LogP contribution < -0.4 is 5.73 Å². The normalized spacial score (nSPS) is 56.0. The summed E-state index contributed by atoms with van der Waals surface area (Å²) in [5, 5.41) is 11.1. The summed E-state index contributed by atoms with van der Waals surface area (Å²) in [6.07, 6.45) is 13.6. The zero-order valence-electron chi connectivity index (χ0n) is 20.0. The van der Waals surface area contributed by atoms with E-state index in [-0.39, 0.29) is 11.5 Å².